The Hall–Kier alpha value is -1.31. The molecular formula is C9H12O2. The number of ether oxygens (including phenoxy) is 1. The van der Waals surface area contributed by atoms with E-state index in [-0.39, 0.29) is 5.78 Å². The first-order valence-electron chi connectivity index (χ1n) is 3.38. The Labute approximate surface area is 66.9 Å². The van der Waals surface area contributed by atoms with Gasteiger partial charge in [0, 0.05) is 6.42 Å². The molecule has 60 valence electrons. The van der Waals surface area contributed by atoms with Crippen LogP contribution in [0.3, 0.4) is 0 Å². The van der Waals surface area contributed by atoms with Crippen LogP contribution < -0.4 is 0 Å². The Kier molecular flexibility index (Phi) is 4.82. The van der Waals surface area contributed by atoms with E-state index in [0.29, 0.717) is 12.2 Å². The van der Waals surface area contributed by atoms with Gasteiger partial charge in [-0.05, 0) is 12.2 Å². The van der Waals surface area contributed by atoms with Crippen molar-refractivity contribution in [3.63, 3.8) is 0 Å². The lowest BCUT2D eigenvalue weighted by atomic mass is 10.3. The van der Waals surface area contributed by atoms with Gasteiger partial charge in [0.2, 0.25) is 0 Å². The zero-order chi connectivity index (χ0) is 8.69. The predicted octanol–water partition coefficient (Wildman–Crippen LogP) is 2.20. The summed E-state index contributed by atoms with van der Waals surface area (Å²) in [5, 5.41) is 0. The highest BCUT2D eigenvalue weighted by molar-refractivity contribution is 5.89. The van der Waals surface area contributed by atoms with Crippen molar-refractivity contribution in [1.82, 2.24) is 0 Å². The van der Waals surface area contributed by atoms with Crippen LogP contribution in [0.5, 0.6) is 0 Å². The normalized spacial score (nSPS) is 9.55. The van der Waals surface area contributed by atoms with Crippen molar-refractivity contribution in [3.05, 3.63) is 37.3 Å². The Balaban J connectivity index is 3.82. The average Bonchev–Trinajstić information content (AvgIpc) is 2.01. The van der Waals surface area contributed by atoms with Gasteiger partial charge >= 0.3 is 0 Å². The summed E-state index contributed by atoms with van der Waals surface area (Å²) in [7, 11) is 0. The topological polar surface area (TPSA) is 26.3 Å². The summed E-state index contributed by atoms with van der Waals surface area (Å²) in [6, 6.07) is 0. The van der Waals surface area contributed by atoms with Crippen molar-refractivity contribution in [1.29, 1.82) is 0 Å². The second-order valence-electron chi connectivity index (χ2n) is 1.90. The Morgan fingerprint density at radius 3 is 2.64 bits per heavy atom. The number of allylic oxidation sites excluding steroid dienone is 2. The fourth-order valence-corrected chi connectivity index (χ4v) is 0.450. The zero-order valence-electron chi connectivity index (χ0n) is 6.67. The lowest BCUT2D eigenvalue weighted by Gasteiger charge is -1.94. The Morgan fingerprint density at radius 2 is 2.18 bits per heavy atom. The molecule has 2 heteroatoms. The molecule has 0 fully saturated rings. The molecule has 0 spiro atoms. The summed E-state index contributed by atoms with van der Waals surface area (Å²) in [6.07, 6.45) is 4.72. The highest BCUT2D eigenvalue weighted by Crippen LogP contribution is 1.96. The van der Waals surface area contributed by atoms with Crippen LogP contribution in [0.25, 0.3) is 0 Å². The molecule has 0 aliphatic rings. The van der Waals surface area contributed by atoms with Crippen molar-refractivity contribution < 1.29 is 9.53 Å². The number of carbonyl (C=O) groups is 1. The third kappa shape index (κ3) is 5.15. The molecule has 0 aromatic heterocycles. The standard InChI is InChI=1S/C9H12O2/c1-4-9(10)7-6-8(3)11-5-2/h5-7H,2-4H2,1H3/b7-6+. The minimum absolute atomic E-state index is 0.0545. The molecular weight excluding hydrogens is 140 g/mol. The average molecular weight is 152 g/mol. The predicted molar refractivity (Wildman–Crippen MR) is 44.9 cm³/mol. The molecule has 0 saturated carbocycles. The third-order valence-electron chi connectivity index (χ3n) is 1.04. The van der Waals surface area contributed by atoms with Crippen molar-refractivity contribution >= 4 is 5.78 Å². The molecule has 0 amide bonds. The maximum absolute atomic E-state index is 10.7. The van der Waals surface area contributed by atoms with Crippen LogP contribution in [-0.2, 0) is 9.53 Å². The first-order chi connectivity index (χ1) is 5.20. The van der Waals surface area contributed by atoms with Gasteiger partial charge in [-0.2, -0.15) is 0 Å². The van der Waals surface area contributed by atoms with Gasteiger partial charge in [0.15, 0.2) is 5.78 Å². The first-order valence-corrected chi connectivity index (χ1v) is 3.38. The summed E-state index contributed by atoms with van der Waals surface area (Å²) in [5.74, 6) is 0.473. The highest BCUT2D eigenvalue weighted by Gasteiger charge is 1.89. The number of rotatable bonds is 5. The number of carbonyl (C=O) groups excluding carboxylic acids is 1. The van der Waals surface area contributed by atoms with E-state index < -0.39 is 0 Å². The van der Waals surface area contributed by atoms with Gasteiger partial charge in [-0.1, -0.05) is 20.1 Å². The molecule has 0 unspecified atom stereocenters. The van der Waals surface area contributed by atoms with Gasteiger partial charge in [0.25, 0.3) is 0 Å². The van der Waals surface area contributed by atoms with E-state index in [4.69, 9.17) is 4.74 Å². The first kappa shape index (κ1) is 9.69. The van der Waals surface area contributed by atoms with Crippen LogP contribution in [0.4, 0.5) is 0 Å². The van der Waals surface area contributed by atoms with Gasteiger partial charge in [0.05, 0.1) is 6.26 Å². The molecule has 11 heavy (non-hydrogen) atoms. The smallest absolute Gasteiger partial charge is 0.155 e. The summed E-state index contributed by atoms with van der Waals surface area (Å²) in [4.78, 5) is 10.7. The van der Waals surface area contributed by atoms with Gasteiger partial charge < -0.3 is 4.74 Å². The minimum Gasteiger partial charge on any atom is -0.466 e. The zero-order valence-corrected chi connectivity index (χ0v) is 6.67. The quantitative estimate of drug-likeness (QED) is 0.343. The monoisotopic (exact) mass is 152 g/mol. The summed E-state index contributed by atoms with van der Waals surface area (Å²) >= 11 is 0. The number of hydrogen-bond donors (Lipinski definition) is 0. The summed E-state index contributed by atoms with van der Waals surface area (Å²) in [5.41, 5.74) is 0. The van der Waals surface area contributed by atoms with Crippen LogP contribution in [0.1, 0.15) is 13.3 Å². The van der Waals surface area contributed by atoms with Crippen molar-refractivity contribution in [2.45, 2.75) is 13.3 Å². The van der Waals surface area contributed by atoms with Crippen molar-refractivity contribution in [3.8, 4) is 0 Å². The molecule has 0 rings (SSSR count). The SMILES string of the molecule is C=COC(=C)/C=C/C(=O)CC. The highest BCUT2D eigenvalue weighted by atomic mass is 16.5. The Morgan fingerprint density at radius 1 is 1.55 bits per heavy atom. The largest absolute Gasteiger partial charge is 0.466 e. The van der Waals surface area contributed by atoms with E-state index in [9.17, 15) is 4.79 Å². The lowest BCUT2D eigenvalue weighted by molar-refractivity contribution is -0.114. The van der Waals surface area contributed by atoms with E-state index in [1.165, 1.54) is 18.4 Å². The van der Waals surface area contributed by atoms with Gasteiger partial charge in [-0.3, -0.25) is 4.79 Å². The molecule has 2 nitrogen and oxygen atoms in total. The molecule has 0 heterocycles. The molecule has 0 aromatic carbocycles. The Bertz CT molecular complexity index is 190. The van der Waals surface area contributed by atoms with Crippen LogP contribution >= 0.6 is 0 Å². The molecule has 0 radical (unpaired) electrons. The maximum Gasteiger partial charge on any atom is 0.155 e. The molecule has 0 N–H and O–H groups in total. The fraction of sp³-hybridized carbons (Fsp3) is 0.222. The van der Waals surface area contributed by atoms with Crippen molar-refractivity contribution in [2.24, 2.45) is 0 Å². The number of ketones is 1. The van der Waals surface area contributed by atoms with Gasteiger partial charge in [-0.25, -0.2) is 0 Å². The molecule has 0 saturated heterocycles. The van der Waals surface area contributed by atoms with E-state index in [0.717, 1.165) is 0 Å². The third-order valence-corrected chi connectivity index (χ3v) is 1.04. The van der Waals surface area contributed by atoms with Crippen LogP contribution in [0.15, 0.2) is 37.3 Å². The van der Waals surface area contributed by atoms with E-state index in [2.05, 4.69) is 13.2 Å². The van der Waals surface area contributed by atoms with E-state index in [1.807, 2.05) is 0 Å². The van der Waals surface area contributed by atoms with Crippen molar-refractivity contribution in [2.75, 3.05) is 0 Å². The minimum atomic E-state index is 0.0545. The number of hydrogen-bond acceptors (Lipinski definition) is 2. The molecule has 0 aliphatic carbocycles. The van der Waals surface area contributed by atoms with Gasteiger partial charge in [-0.15, -0.1) is 0 Å². The summed E-state index contributed by atoms with van der Waals surface area (Å²) in [6.45, 7) is 8.66. The van der Waals surface area contributed by atoms with Crippen LogP contribution in [-0.4, -0.2) is 5.78 Å². The molecule has 0 atom stereocenters. The van der Waals surface area contributed by atoms with E-state index >= 15 is 0 Å². The second-order valence-corrected chi connectivity index (χ2v) is 1.90. The van der Waals surface area contributed by atoms with Crippen LogP contribution in [0.2, 0.25) is 0 Å². The summed E-state index contributed by atoms with van der Waals surface area (Å²) < 4.78 is 4.77. The molecule has 0 bridgehead atoms. The second kappa shape index (κ2) is 5.47. The molecule has 0 aromatic rings. The molecule has 0 aliphatic heterocycles. The maximum atomic E-state index is 10.7. The fourth-order valence-electron chi connectivity index (χ4n) is 0.450. The lowest BCUT2D eigenvalue weighted by Crippen LogP contribution is -1.87. The van der Waals surface area contributed by atoms with E-state index in [1.54, 1.807) is 6.92 Å². The van der Waals surface area contributed by atoms with Gasteiger partial charge in [0.1, 0.15) is 5.76 Å². The van der Waals surface area contributed by atoms with Crippen LogP contribution in [0, 0.1) is 0 Å².